The Bertz CT molecular complexity index is 1640. The van der Waals surface area contributed by atoms with Gasteiger partial charge in [0, 0.05) is 49.2 Å². The van der Waals surface area contributed by atoms with Crippen LogP contribution in [0.4, 0.5) is 16.2 Å². The smallest absolute Gasteiger partial charge is 0.319 e. The van der Waals surface area contributed by atoms with Gasteiger partial charge in [-0.2, -0.15) is 0 Å². The highest BCUT2D eigenvalue weighted by Gasteiger charge is 2.20. The van der Waals surface area contributed by atoms with Crippen molar-refractivity contribution >= 4 is 74.0 Å². The third-order valence-corrected chi connectivity index (χ3v) is 7.89. The summed E-state index contributed by atoms with van der Waals surface area (Å²) in [5, 5.41) is 5.77. The third-order valence-electron chi connectivity index (χ3n) is 6.16. The molecule has 4 amide bonds. The van der Waals surface area contributed by atoms with Gasteiger partial charge in [0.05, 0.1) is 22.9 Å². The van der Waals surface area contributed by atoms with Crippen LogP contribution in [0, 0.1) is 6.92 Å². The van der Waals surface area contributed by atoms with Crippen LogP contribution in [0.15, 0.2) is 59.3 Å². The molecule has 2 aromatic carbocycles. The monoisotopic (exact) mass is 660 g/mol. The number of likely N-dealkylation sites (N-methyl/N-ethyl adjacent to an activating group) is 1. The van der Waals surface area contributed by atoms with Gasteiger partial charge in [0.25, 0.3) is 5.91 Å². The van der Waals surface area contributed by atoms with Gasteiger partial charge in [-0.3, -0.25) is 14.0 Å². The van der Waals surface area contributed by atoms with Crippen molar-refractivity contribution in [2.75, 3.05) is 37.9 Å². The number of amides is 4. The number of hydrogen-bond donors (Lipinski definition) is 2. The minimum atomic E-state index is -0.604. The molecule has 13 heteroatoms. The van der Waals surface area contributed by atoms with Crippen LogP contribution in [0.1, 0.15) is 21.6 Å². The van der Waals surface area contributed by atoms with Crippen LogP contribution < -0.4 is 20.3 Å². The molecule has 0 spiro atoms. The van der Waals surface area contributed by atoms with E-state index >= 15 is 0 Å². The number of urea groups is 1. The fourth-order valence-electron chi connectivity index (χ4n) is 3.94. The summed E-state index contributed by atoms with van der Waals surface area (Å²) < 4.78 is 8.72. The molecular formula is C28H27BrCl2N6O4. The van der Waals surface area contributed by atoms with Gasteiger partial charge in [0.2, 0.25) is 5.91 Å². The minimum absolute atomic E-state index is 0.0345. The molecule has 0 aliphatic carbocycles. The molecule has 10 nitrogen and oxygen atoms in total. The number of carbonyl (C=O) groups excluding carboxylic acids is 3. The largest absolute Gasteiger partial charge is 0.485 e. The van der Waals surface area contributed by atoms with Gasteiger partial charge >= 0.3 is 6.03 Å². The van der Waals surface area contributed by atoms with Gasteiger partial charge in [-0.15, -0.1) is 0 Å². The molecule has 0 saturated heterocycles. The normalized spacial score (nSPS) is 10.8. The maximum absolute atomic E-state index is 12.9. The van der Waals surface area contributed by atoms with Crippen LogP contribution in [-0.4, -0.2) is 59.8 Å². The molecule has 0 atom stereocenters. The Morgan fingerprint density at radius 3 is 2.56 bits per heavy atom. The van der Waals surface area contributed by atoms with Gasteiger partial charge in [-0.25, -0.2) is 9.78 Å². The van der Waals surface area contributed by atoms with Crippen molar-refractivity contribution in [1.82, 2.24) is 19.6 Å². The molecule has 0 bridgehead atoms. The van der Waals surface area contributed by atoms with E-state index in [4.69, 9.17) is 27.9 Å². The zero-order valence-electron chi connectivity index (χ0n) is 22.7. The molecule has 0 fully saturated rings. The second-order valence-electron chi connectivity index (χ2n) is 9.24. The summed E-state index contributed by atoms with van der Waals surface area (Å²) in [6, 6.07) is 12.8. The first kappa shape index (κ1) is 30.2. The van der Waals surface area contributed by atoms with Crippen LogP contribution in [0.2, 0.25) is 10.0 Å². The molecule has 0 radical (unpaired) electrons. The topological polar surface area (TPSA) is 108 Å². The minimum Gasteiger partial charge on any atom is -0.485 e. The molecule has 4 aromatic rings. The summed E-state index contributed by atoms with van der Waals surface area (Å²) in [6.07, 6.45) is 1.87. The Hall–Kier alpha value is -3.80. The highest BCUT2D eigenvalue weighted by Crippen LogP contribution is 2.35. The number of aromatic nitrogens is 2. The van der Waals surface area contributed by atoms with Crippen molar-refractivity contribution < 1.29 is 19.1 Å². The number of imidazole rings is 1. The highest BCUT2D eigenvalue weighted by molar-refractivity contribution is 9.10. The van der Waals surface area contributed by atoms with Gasteiger partial charge in [0.1, 0.15) is 11.2 Å². The van der Waals surface area contributed by atoms with Gasteiger partial charge in [0.15, 0.2) is 11.4 Å². The van der Waals surface area contributed by atoms with E-state index in [1.807, 2.05) is 23.6 Å². The highest BCUT2D eigenvalue weighted by atomic mass is 79.9. The molecular weight excluding hydrogens is 635 g/mol. The van der Waals surface area contributed by atoms with Crippen molar-refractivity contribution in [2.24, 2.45) is 0 Å². The Kier molecular flexibility index (Phi) is 9.42. The second kappa shape index (κ2) is 12.8. The lowest BCUT2D eigenvalue weighted by Gasteiger charge is -2.21. The number of aryl methyl sites for hydroxylation is 1. The number of pyridine rings is 1. The van der Waals surface area contributed by atoms with Crippen LogP contribution in [0.25, 0.3) is 5.65 Å². The molecule has 2 heterocycles. The first-order valence-corrected chi connectivity index (χ1v) is 13.9. The Balaban J connectivity index is 1.41. The molecule has 0 aliphatic heterocycles. The first-order chi connectivity index (χ1) is 19.5. The van der Waals surface area contributed by atoms with Gasteiger partial charge in [-0.1, -0.05) is 29.3 Å². The second-order valence-corrected chi connectivity index (χ2v) is 10.8. The lowest BCUT2D eigenvalue weighted by atomic mass is 10.2. The number of rotatable bonds is 8. The lowest BCUT2D eigenvalue weighted by Crippen LogP contribution is -2.40. The van der Waals surface area contributed by atoms with E-state index < -0.39 is 11.9 Å². The lowest BCUT2D eigenvalue weighted by molar-refractivity contribution is -0.117. The van der Waals surface area contributed by atoms with Crippen LogP contribution >= 0.6 is 39.1 Å². The Labute approximate surface area is 255 Å². The summed E-state index contributed by atoms with van der Waals surface area (Å²) in [5.41, 5.74) is 3.17. The summed E-state index contributed by atoms with van der Waals surface area (Å²) in [6.45, 7) is 1.61. The maximum atomic E-state index is 12.9. The molecule has 2 N–H and O–H groups in total. The summed E-state index contributed by atoms with van der Waals surface area (Å²) >= 11 is 16.6. The molecule has 0 aliphatic rings. The number of fused-ring (bicyclic) bond motifs is 1. The number of nitrogens with zero attached hydrogens (tertiary/aromatic N) is 4. The average Bonchev–Trinajstić information content (AvgIpc) is 3.24. The summed E-state index contributed by atoms with van der Waals surface area (Å²) in [5.74, 6) is -0.0810. The van der Waals surface area contributed by atoms with Crippen molar-refractivity contribution in [3.8, 4) is 5.75 Å². The van der Waals surface area contributed by atoms with Crippen LogP contribution in [0.5, 0.6) is 5.75 Å². The standard InChI is InChI=1S/C28H27BrCl2N6O4/c1-16-25(29)37-12-6-9-22(26(37)33-16)41-15-19-20(30)10-11-21(24(19)31)36(4)23(38)14-32-28(40)34-18-8-5-7-17(13-18)27(39)35(2)3/h5-13H,14-15H2,1-4H3,(H2,32,34,40). The number of nitrogens with one attached hydrogen (secondary N) is 2. The van der Waals surface area contributed by atoms with E-state index in [9.17, 15) is 14.4 Å². The van der Waals surface area contributed by atoms with Crippen molar-refractivity contribution in [1.29, 1.82) is 0 Å². The maximum Gasteiger partial charge on any atom is 0.319 e. The van der Waals surface area contributed by atoms with Crippen molar-refractivity contribution in [2.45, 2.75) is 13.5 Å². The molecule has 0 unspecified atom stereocenters. The number of carbonyl (C=O) groups is 3. The average molecular weight is 662 g/mol. The molecule has 4 rings (SSSR count). The summed E-state index contributed by atoms with van der Waals surface area (Å²) in [4.78, 5) is 44.8. The van der Waals surface area contributed by atoms with Crippen molar-refractivity contribution in [3.05, 3.63) is 86.2 Å². The predicted molar refractivity (Wildman–Crippen MR) is 163 cm³/mol. The van der Waals surface area contributed by atoms with E-state index in [2.05, 4.69) is 31.5 Å². The first-order valence-electron chi connectivity index (χ1n) is 12.3. The van der Waals surface area contributed by atoms with E-state index in [1.54, 1.807) is 63.6 Å². The molecule has 0 saturated carbocycles. The van der Waals surface area contributed by atoms with E-state index in [1.165, 1.54) is 9.80 Å². The molecule has 214 valence electrons. The SMILES string of the molecule is Cc1nc2c(OCc3c(Cl)ccc(N(C)C(=O)CNC(=O)Nc4cccc(C(=O)N(C)C)c4)c3Cl)cccn2c1Br. The van der Waals surface area contributed by atoms with Gasteiger partial charge in [-0.05, 0) is 65.3 Å². The zero-order chi connectivity index (χ0) is 29.8. The van der Waals surface area contributed by atoms with Crippen molar-refractivity contribution in [3.63, 3.8) is 0 Å². The number of hydrogen-bond acceptors (Lipinski definition) is 5. The molecule has 2 aromatic heterocycles. The number of anilines is 2. The number of benzene rings is 2. The van der Waals surface area contributed by atoms with E-state index in [0.717, 1.165) is 10.3 Å². The van der Waals surface area contributed by atoms with E-state index in [-0.39, 0.29) is 24.1 Å². The fourth-order valence-corrected chi connectivity index (χ4v) is 4.92. The quantitative estimate of drug-likeness (QED) is 0.249. The third kappa shape index (κ3) is 6.75. The van der Waals surface area contributed by atoms with Gasteiger partial charge < -0.3 is 25.2 Å². The summed E-state index contributed by atoms with van der Waals surface area (Å²) in [7, 11) is 4.83. The Morgan fingerprint density at radius 2 is 1.83 bits per heavy atom. The van der Waals surface area contributed by atoms with Crippen LogP contribution in [-0.2, 0) is 11.4 Å². The fraction of sp³-hybridized carbons (Fsp3) is 0.214. The molecule has 41 heavy (non-hydrogen) atoms. The van der Waals surface area contributed by atoms with E-state index in [0.29, 0.717) is 38.9 Å². The number of halogens is 3. The Morgan fingerprint density at radius 1 is 1.07 bits per heavy atom. The predicted octanol–water partition coefficient (Wildman–Crippen LogP) is 5.78. The zero-order valence-corrected chi connectivity index (χ0v) is 25.8. The van der Waals surface area contributed by atoms with Crippen LogP contribution in [0.3, 0.4) is 0 Å². The number of ether oxygens (including phenoxy) is 1.